The maximum absolute atomic E-state index is 13.2. The predicted octanol–water partition coefficient (Wildman–Crippen LogP) is 3.07. The molecule has 0 spiro atoms. The Hall–Kier alpha value is -2.64. The Balaban J connectivity index is 1.72. The summed E-state index contributed by atoms with van der Waals surface area (Å²) in [7, 11) is 0. The van der Waals surface area contributed by atoms with Gasteiger partial charge in [-0.1, -0.05) is 29.5 Å². The van der Waals surface area contributed by atoms with E-state index < -0.39 is 0 Å². The summed E-state index contributed by atoms with van der Waals surface area (Å²) in [5.41, 5.74) is 0.386. The molecule has 0 radical (unpaired) electrons. The molecule has 0 saturated heterocycles. The van der Waals surface area contributed by atoms with Gasteiger partial charge < -0.3 is 0 Å². The minimum atomic E-state index is -0.336. The van der Waals surface area contributed by atoms with E-state index in [4.69, 9.17) is 0 Å². The number of thiazole rings is 1. The molecule has 0 saturated carbocycles. The smallest absolute Gasteiger partial charge is 0.266 e. The molecule has 4 rings (SSSR count). The Labute approximate surface area is 143 Å². The first-order valence-electron chi connectivity index (χ1n) is 7.07. The standard InChI is InChI=1S/C17H10FN3OS2/c18-12-4-1-3-11(9-12)10-14-16(22)21-17(24-14)19-15(20-21)7-6-13-5-2-8-23-13/h1-10H/b7-6+,14-10+. The fraction of sp³-hybridized carbons (Fsp3) is 0. The van der Waals surface area contributed by atoms with Crippen LogP contribution in [0.2, 0.25) is 0 Å². The van der Waals surface area contributed by atoms with Crippen LogP contribution < -0.4 is 10.1 Å². The third-order valence-corrected chi connectivity index (χ3v) is 5.08. The molecule has 0 unspecified atom stereocenters. The monoisotopic (exact) mass is 355 g/mol. The lowest BCUT2D eigenvalue weighted by Crippen LogP contribution is -2.23. The lowest BCUT2D eigenvalue weighted by molar-refractivity contribution is 0.627. The maximum Gasteiger partial charge on any atom is 0.291 e. The number of fused-ring (bicyclic) bond motifs is 1. The summed E-state index contributed by atoms with van der Waals surface area (Å²) < 4.78 is 15.0. The zero-order chi connectivity index (χ0) is 16.5. The Morgan fingerprint density at radius 1 is 1.17 bits per heavy atom. The zero-order valence-electron chi connectivity index (χ0n) is 12.2. The van der Waals surface area contributed by atoms with Gasteiger partial charge in [0.2, 0.25) is 4.96 Å². The fourth-order valence-corrected chi connectivity index (χ4v) is 3.74. The molecule has 0 fully saturated rings. The van der Waals surface area contributed by atoms with E-state index in [1.165, 1.54) is 28.0 Å². The van der Waals surface area contributed by atoms with Crippen molar-refractivity contribution in [2.75, 3.05) is 0 Å². The van der Waals surface area contributed by atoms with E-state index in [1.807, 2.05) is 23.6 Å². The van der Waals surface area contributed by atoms with Crippen LogP contribution in [-0.4, -0.2) is 14.6 Å². The van der Waals surface area contributed by atoms with Gasteiger partial charge in [0.15, 0.2) is 5.82 Å². The van der Waals surface area contributed by atoms with Gasteiger partial charge >= 0.3 is 0 Å². The van der Waals surface area contributed by atoms with E-state index in [0.717, 1.165) is 4.88 Å². The third kappa shape index (κ3) is 2.91. The number of hydrogen-bond acceptors (Lipinski definition) is 5. The lowest BCUT2D eigenvalue weighted by atomic mass is 10.2. The number of hydrogen-bond donors (Lipinski definition) is 0. The molecule has 3 heterocycles. The van der Waals surface area contributed by atoms with Gasteiger partial charge in [-0.3, -0.25) is 4.79 Å². The number of halogens is 1. The van der Waals surface area contributed by atoms with Crippen molar-refractivity contribution in [2.24, 2.45) is 0 Å². The Morgan fingerprint density at radius 2 is 2.08 bits per heavy atom. The van der Waals surface area contributed by atoms with Gasteiger partial charge in [-0.15, -0.1) is 16.4 Å². The second kappa shape index (κ2) is 6.10. The van der Waals surface area contributed by atoms with Crippen LogP contribution in [0.15, 0.2) is 46.6 Å². The van der Waals surface area contributed by atoms with Gasteiger partial charge in [-0.05, 0) is 47.4 Å². The normalized spacial score (nSPS) is 12.6. The molecule has 3 aromatic heterocycles. The molecule has 7 heteroatoms. The summed E-state index contributed by atoms with van der Waals surface area (Å²) in [5, 5.41) is 6.21. The van der Waals surface area contributed by atoms with E-state index in [-0.39, 0.29) is 11.4 Å². The summed E-state index contributed by atoms with van der Waals surface area (Å²) >= 11 is 2.85. The van der Waals surface area contributed by atoms with Crippen LogP contribution in [0.4, 0.5) is 4.39 Å². The van der Waals surface area contributed by atoms with Crippen LogP contribution in [0.5, 0.6) is 0 Å². The Morgan fingerprint density at radius 3 is 2.83 bits per heavy atom. The van der Waals surface area contributed by atoms with Gasteiger partial charge in [0.25, 0.3) is 5.56 Å². The minimum absolute atomic E-state index is 0.248. The molecule has 0 amide bonds. The first-order chi connectivity index (χ1) is 11.7. The second-order valence-corrected chi connectivity index (χ2v) is 6.97. The van der Waals surface area contributed by atoms with E-state index >= 15 is 0 Å². The van der Waals surface area contributed by atoms with Crippen molar-refractivity contribution in [1.82, 2.24) is 14.6 Å². The minimum Gasteiger partial charge on any atom is -0.266 e. The highest BCUT2D eigenvalue weighted by Crippen LogP contribution is 2.12. The molecule has 0 aliphatic rings. The largest absolute Gasteiger partial charge is 0.291 e. The average molecular weight is 355 g/mol. The fourth-order valence-electron chi connectivity index (χ4n) is 2.21. The Kier molecular flexibility index (Phi) is 3.79. The molecule has 24 heavy (non-hydrogen) atoms. The van der Waals surface area contributed by atoms with Crippen molar-refractivity contribution in [3.8, 4) is 0 Å². The van der Waals surface area contributed by atoms with Crippen LogP contribution in [-0.2, 0) is 0 Å². The first kappa shape index (κ1) is 14.9. The molecule has 0 N–H and O–H groups in total. The maximum atomic E-state index is 13.2. The van der Waals surface area contributed by atoms with Gasteiger partial charge in [0.1, 0.15) is 5.82 Å². The highest BCUT2D eigenvalue weighted by molar-refractivity contribution is 7.15. The highest BCUT2D eigenvalue weighted by atomic mass is 32.1. The molecular formula is C17H10FN3OS2. The van der Waals surface area contributed by atoms with E-state index in [9.17, 15) is 9.18 Å². The van der Waals surface area contributed by atoms with Crippen molar-refractivity contribution in [1.29, 1.82) is 0 Å². The van der Waals surface area contributed by atoms with Crippen LogP contribution in [0, 0.1) is 5.82 Å². The highest BCUT2D eigenvalue weighted by Gasteiger charge is 2.08. The first-order valence-corrected chi connectivity index (χ1v) is 8.77. The predicted molar refractivity (Wildman–Crippen MR) is 95.6 cm³/mol. The summed E-state index contributed by atoms with van der Waals surface area (Å²) in [5.74, 6) is 0.153. The zero-order valence-corrected chi connectivity index (χ0v) is 13.9. The molecule has 0 atom stereocenters. The van der Waals surface area contributed by atoms with Crippen molar-refractivity contribution >= 4 is 45.9 Å². The van der Waals surface area contributed by atoms with Crippen molar-refractivity contribution < 1.29 is 4.39 Å². The molecular weight excluding hydrogens is 345 g/mol. The molecule has 4 aromatic rings. The van der Waals surface area contributed by atoms with Gasteiger partial charge in [-0.2, -0.15) is 9.50 Å². The molecule has 0 aliphatic carbocycles. The molecule has 118 valence electrons. The molecule has 0 bridgehead atoms. The molecule has 4 nitrogen and oxygen atoms in total. The van der Waals surface area contributed by atoms with Crippen molar-refractivity contribution in [3.05, 3.63) is 78.7 Å². The van der Waals surface area contributed by atoms with Gasteiger partial charge in [-0.25, -0.2) is 4.39 Å². The van der Waals surface area contributed by atoms with E-state index in [1.54, 1.807) is 35.6 Å². The average Bonchev–Trinajstić information content (AvgIpc) is 3.25. The Bertz CT molecular complexity index is 1140. The van der Waals surface area contributed by atoms with E-state index in [0.29, 0.717) is 20.9 Å². The van der Waals surface area contributed by atoms with Gasteiger partial charge in [0.05, 0.1) is 4.53 Å². The SMILES string of the molecule is O=c1/c(=C\c2cccc(F)c2)sc2nc(/C=C/c3cccs3)nn12. The topological polar surface area (TPSA) is 47.3 Å². The van der Waals surface area contributed by atoms with Crippen LogP contribution >= 0.6 is 22.7 Å². The third-order valence-electron chi connectivity index (χ3n) is 3.28. The lowest BCUT2D eigenvalue weighted by Gasteiger charge is -1.90. The molecule has 0 aliphatic heterocycles. The number of nitrogens with zero attached hydrogens (tertiary/aromatic N) is 3. The quantitative estimate of drug-likeness (QED) is 0.567. The van der Waals surface area contributed by atoms with Crippen molar-refractivity contribution in [3.63, 3.8) is 0 Å². The van der Waals surface area contributed by atoms with Crippen LogP contribution in [0.25, 0.3) is 23.2 Å². The second-order valence-electron chi connectivity index (χ2n) is 4.98. The summed E-state index contributed by atoms with van der Waals surface area (Å²) in [6.45, 7) is 0. The van der Waals surface area contributed by atoms with Gasteiger partial charge in [0, 0.05) is 4.88 Å². The van der Waals surface area contributed by atoms with Crippen LogP contribution in [0.1, 0.15) is 16.3 Å². The van der Waals surface area contributed by atoms with Crippen LogP contribution in [0.3, 0.4) is 0 Å². The summed E-state index contributed by atoms with van der Waals surface area (Å²) in [6.07, 6.45) is 5.34. The number of benzene rings is 1. The van der Waals surface area contributed by atoms with Crippen molar-refractivity contribution in [2.45, 2.75) is 0 Å². The summed E-state index contributed by atoms with van der Waals surface area (Å²) in [4.78, 5) is 18.3. The number of aromatic nitrogens is 3. The number of thiophene rings is 1. The van der Waals surface area contributed by atoms with E-state index in [2.05, 4.69) is 10.1 Å². The number of rotatable bonds is 3. The molecule has 1 aromatic carbocycles. The summed E-state index contributed by atoms with van der Waals surface area (Å²) in [6, 6.07) is 10.1.